The van der Waals surface area contributed by atoms with Crippen LogP contribution in [0.5, 0.6) is 0 Å². The smallest absolute Gasteiger partial charge is 0.225 e. The summed E-state index contributed by atoms with van der Waals surface area (Å²) >= 11 is 0. The Kier molecular flexibility index (Phi) is 7.68. The molecule has 1 fully saturated rings. The molecular formula is C15H30ClN3O2. The maximum atomic E-state index is 12.1. The second-order valence-electron chi connectivity index (χ2n) is 7.19. The van der Waals surface area contributed by atoms with Gasteiger partial charge in [0.2, 0.25) is 11.8 Å². The summed E-state index contributed by atoms with van der Waals surface area (Å²) in [6.07, 6.45) is 2.16. The Morgan fingerprint density at radius 1 is 1.33 bits per heavy atom. The van der Waals surface area contributed by atoms with Crippen molar-refractivity contribution >= 4 is 24.2 Å². The van der Waals surface area contributed by atoms with Gasteiger partial charge in [0.15, 0.2) is 0 Å². The summed E-state index contributed by atoms with van der Waals surface area (Å²) in [6, 6.07) is 0. The lowest BCUT2D eigenvalue weighted by Crippen LogP contribution is -2.36. The van der Waals surface area contributed by atoms with E-state index >= 15 is 0 Å². The van der Waals surface area contributed by atoms with E-state index in [1.54, 1.807) is 0 Å². The van der Waals surface area contributed by atoms with Crippen molar-refractivity contribution in [1.82, 2.24) is 10.2 Å². The van der Waals surface area contributed by atoms with Gasteiger partial charge in [-0.1, -0.05) is 27.7 Å². The molecule has 0 aromatic heterocycles. The number of carbonyl (C=O) groups is 2. The van der Waals surface area contributed by atoms with E-state index in [0.29, 0.717) is 25.9 Å². The number of rotatable bonds is 5. The number of nitrogens with one attached hydrogen (secondary N) is 1. The average Bonchev–Trinajstić information content (AvgIpc) is 2.76. The SMILES string of the molecule is CC1(CN)CCN(C(=O)CCCNC(=O)C(C)(C)C)C1.Cl. The highest BCUT2D eigenvalue weighted by atomic mass is 35.5. The lowest BCUT2D eigenvalue weighted by atomic mass is 9.90. The molecule has 1 saturated heterocycles. The first-order chi connectivity index (χ1) is 9.18. The second-order valence-corrected chi connectivity index (χ2v) is 7.19. The summed E-state index contributed by atoms with van der Waals surface area (Å²) in [5, 5.41) is 2.87. The lowest BCUT2D eigenvalue weighted by Gasteiger charge is -2.22. The lowest BCUT2D eigenvalue weighted by molar-refractivity contribution is -0.131. The van der Waals surface area contributed by atoms with Gasteiger partial charge in [-0.25, -0.2) is 0 Å². The van der Waals surface area contributed by atoms with Crippen LogP contribution in [0.3, 0.4) is 0 Å². The summed E-state index contributed by atoms with van der Waals surface area (Å²) in [7, 11) is 0. The van der Waals surface area contributed by atoms with Crippen molar-refractivity contribution in [2.75, 3.05) is 26.2 Å². The minimum atomic E-state index is -0.373. The molecule has 1 aliphatic heterocycles. The first-order valence-corrected chi connectivity index (χ1v) is 7.44. The Morgan fingerprint density at radius 2 is 1.95 bits per heavy atom. The van der Waals surface area contributed by atoms with Gasteiger partial charge in [0.25, 0.3) is 0 Å². The van der Waals surface area contributed by atoms with Crippen LogP contribution in [0.15, 0.2) is 0 Å². The van der Waals surface area contributed by atoms with Crippen molar-refractivity contribution < 1.29 is 9.59 Å². The van der Waals surface area contributed by atoms with Crippen LogP contribution in [-0.4, -0.2) is 42.9 Å². The summed E-state index contributed by atoms with van der Waals surface area (Å²) in [5.74, 6) is 0.203. The van der Waals surface area contributed by atoms with Gasteiger partial charge in [0.05, 0.1) is 0 Å². The molecule has 0 radical (unpaired) electrons. The molecule has 1 rings (SSSR count). The van der Waals surface area contributed by atoms with Crippen molar-refractivity contribution in [2.24, 2.45) is 16.6 Å². The molecule has 5 nitrogen and oxygen atoms in total. The largest absolute Gasteiger partial charge is 0.356 e. The van der Waals surface area contributed by atoms with Gasteiger partial charge in [-0.2, -0.15) is 0 Å². The van der Waals surface area contributed by atoms with E-state index in [2.05, 4.69) is 12.2 Å². The highest BCUT2D eigenvalue weighted by Crippen LogP contribution is 2.28. The molecule has 124 valence electrons. The minimum Gasteiger partial charge on any atom is -0.356 e. The molecule has 0 spiro atoms. The molecule has 0 bridgehead atoms. The van der Waals surface area contributed by atoms with Crippen LogP contribution in [0.2, 0.25) is 0 Å². The van der Waals surface area contributed by atoms with Crippen LogP contribution in [0.1, 0.15) is 47.0 Å². The molecular weight excluding hydrogens is 290 g/mol. The Bertz CT molecular complexity index is 368. The van der Waals surface area contributed by atoms with E-state index < -0.39 is 0 Å². The summed E-state index contributed by atoms with van der Waals surface area (Å²) in [6.45, 7) is 10.5. The third-order valence-corrected chi connectivity index (χ3v) is 3.94. The van der Waals surface area contributed by atoms with Crippen molar-refractivity contribution in [3.05, 3.63) is 0 Å². The van der Waals surface area contributed by atoms with E-state index in [1.165, 1.54) is 0 Å². The Balaban J connectivity index is 0.00000400. The van der Waals surface area contributed by atoms with Crippen LogP contribution >= 0.6 is 12.4 Å². The van der Waals surface area contributed by atoms with Gasteiger partial charge in [0, 0.05) is 31.5 Å². The van der Waals surface area contributed by atoms with E-state index in [1.807, 2.05) is 25.7 Å². The summed E-state index contributed by atoms with van der Waals surface area (Å²) in [4.78, 5) is 25.6. The third-order valence-electron chi connectivity index (χ3n) is 3.94. The molecule has 0 aromatic rings. The van der Waals surface area contributed by atoms with E-state index in [9.17, 15) is 9.59 Å². The van der Waals surface area contributed by atoms with Crippen LogP contribution < -0.4 is 11.1 Å². The van der Waals surface area contributed by atoms with Crippen LogP contribution in [0.4, 0.5) is 0 Å². The third kappa shape index (κ3) is 6.22. The zero-order valence-corrected chi connectivity index (χ0v) is 14.5. The maximum absolute atomic E-state index is 12.1. The maximum Gasteiger partial charge on any atom is 0.225 e. The quantitative estimate of drug-likeness (QED) is 0.755. The molecule has 6 heteroatoms. The van der Waals surface area contributed by atoms with Gasteiger partial charge < -0.3 is 16.0 Å². The van der Waals surface area contributed by atoms with Gasteiger partial charge in [-0.15, -0.1) is 12.4 Å². The standard InChI is InChI=1S/C15H29N3O2.ClH/c1-14(2,3)13(20)17-8-5-6-12(19)18-9-7-15(4,10-16)11-18;/h5-11,16H2,1-4H3,(H,17,20);1H. The molecule has 0 saturated carbocycles. The van der Waals surface area contributed by atoms with Crippen molar-refractivity contribution in [2.45, 2.75) is 47.0 Å². The van der Waals surface area contributed by atoms with Gasteiger partial charge >= 0.3 is 0 Å². The predicted octanol–water partition coefficient (Wildman–Crippen LogP) is 1.55. The minimum absolute atomic E-state index is 0. The fourth-order valence-electron chi connectivity index (χ4n) is 2.27. The van der Waals surface area contributed by atoms with Crippen molar-refractivity contribution in [3.63, 3.8) is 0 Å². The molecule has 3 N–H and O–H groups in total. The summed E-state index contributed by atoms with van der Waals surface area (Å²) < 4.78 is 0. The van der Waals surface area contributed by atoms with Gasteiger partial charge in [-0.05, 0) is 24.8 Å². The number of nitrogens with two attached hydrogens (primary N) is 1. The number of hydrogen-bond acceptors (Lipinski definition) is 3. The second kappa shape index (κ2) is 7.99. The first-order valence-electron chi connectivity index (χ1n) is 7.44. The molecule has 1 heterocycles. The number of likely N-dealkylation sites (tertiary alicyclic amines) is 1. The topological polar surface area (TPSA) is 75.4 Å². The van der Waals surface area contributed by atoms with Crippen LogP contribution in [-0.2, 0) is 9.59 Å². The number of halogens is 1. The first kappa shape index (κ1) is 20.2. The van der Waals surface area contributed by atoms with Crippen LogP contribution in [0.25, 0.3) is 0 Å². The van der Waals surface area contributed by atoms with E-state index in [-0.39, 0.29) is 35.1 Å². The number of amides is 2. The van der Waals surface area contributed by atoms with Crippen LogP contribution in [0, 0.1) is 10.8 Å². The fourth-order valence-corrected chi connectivity index (χ4v) is 2.27. The number of nitrogens with zero attached hydrogens (tertiary/aromatic N) is 1. The molecule has 2 amide bonds. The average molecular weight is 320 g/mol. The molecule has 1 unspecified atom stereocenters. The normalized spacial score (nSPS) is 21.9. The molecule has 1 atom stereocenters. The summed E-state index contributed by atoms with van der Waals surface area (Å²) in [5.41, 5.74) is 5.45. The number of hydrogen-bond donors (Lipinski definition) is 2. The molecule has 21 heavy (non-hydrogen) atoms. The fraction of sp³-hybridized carbons (Fsp3) is 0.867. The number of carbonyl (C=O) groups excluding carboxylic acids is 2. The Hall–Kier alpha value is -0.810. The Morgan fingerprint density at radius 3 is 2.43 bits per heavy atom. The zero-order valence-electron chi connectivity index (χ0n) is 13.7. The highest BCUT2D eigenvalue weighted by Gasteiger charge is 2.34. The van der Waals surface area contributed by atoms with Gasteiger partial charge in [0.1, 0.15) is 0 Å². The molecule has 0 aliphatic carbocycles. The molecule has 0 aromatic carbocycles. The van der Waals surface area contributed by atoms with E-state index in [0.717, 1.165) is 19.5 Å². The Labute approximate surface area is 134 Å². The van der Waals surface area contributed by atoms with E-state index in [4.69, 9.17) is 5.73 Å². The highest BCUT2D eigenvalue weighted by molar-refractivity contribution is 5.85. The zero-order chi connectivity index (χ0) is 15.4. The van der Waals surface area contributed by atoms with Gasteiger partial charge in [-0.3, -0.25) is 9.59 Å². The predicted molar refractivity (Wildman–Crippen MR) is 87.3 cm³/mol. The van der Waals surface area contributed by atoms with Crippen molar-refractivity contribution in [1.29, 1.82) is 0 Å². The molecule has 1 aliphatic rings. The van der Waals surface area contributed by atoms with Crippen molar-refractivity contribution in [3.8, 4) is 0 Å². The monoisotopic (exact) mass is 319 g/mol.